The molecule has 0 unspecified atom stereocenters. The van der Waals surface area contributed by atoms with Crippen LogP contribution in [0.2, 0.25) is 0 Å². The summed E-state index contributed by atoms with van der Waals surface area (Å²) in [5.41, 5.74) is 7.28. The van der Waals surface area contributed by atoms with Crippen LogP contribution in [0.25, 0.3) is 16.8 Å². The Morgan fingerprint density at radius 3 is 2.65 bits per heavy atom. The van der Waals surface area contributed by atoms with Gasteiger partial charge in [-0.15, -0.1) is 0 Å². The fourth-order valence-corrected chi connectivity index (χ4v) is 1.92. The molecule has 17 heavy (non-hydrogen) atoms. The molecule has 0 bridgehead atoms. The van der Waals surface area contributed by atoms with Crippen molar-refractivity contribution in [3.8, 4) is 0 Å². The van der Waals surface area contributed by atoms with E-state index in [9.17, 15) is 9.18 Å². The topological polar surface area (TPSA) is 43.1 Å². The molecule has 2 aromatic rings. The number of hydrogen-bond acceptors (Lipinski definition) is 2. The highest BCUT2D eigenvalue weighted by atomic mass is 19.1. The molecule has 2 rings (SSSR count). The van der Waals surface area contributed by atoms with Crippen LogP contribution in [0.1, 0.15) is 21.5 Å². The second-order valence-electron chi connectivity index (χ2n) is 3.89. The first-order chi connectivity index (χ1) is 8.17. The van der Waals surface area contributed by atoms with Crippen LogP contribution in [0.5, 0.6) is 0 Å². The molecule has 0 saturated carbocycles. The molecule has 86 valence electrons. The van der Waals surface area contributed by atoms with E-state index < -0.39 is 0 Å². The van der Waals surface area contributed by atoms with Crippen molar-refractivity contribution in [3.05, 3.63) is 53.0 Å². The van der Waals surface area contributed by atoms with Gasteiger partial charge in [-0.1, -0.05) is 17.7 Å². The highest BCUT2D eigenvalue weighted by Crippen LogP contribution is 2.26. The molecule has 2 aromatic carbocycles. The van der Waals surface area contributed by atoms with Gasteiger partial charge in [0.25, 0.3) is 0 Å². The predicted octanol–water partition coefficient (Wildman–Crippen LogP) is 3.03. The summed E-state index contributed by atoms with van der Waals surface area (Å²) in [5.74, 6) is -0.389. The standard InChI is InChI=1S/C14H12FNO/c1-9-2-3-12-11(4-5-16)10(8-17)7-14(15)13(12)6-9/h2-8H,16H2,1H3/b5-4-. The molecule has 3 heteroatoms. The van der Waals surface area contributed by atoms with E-state index in [1.807, 2.05) is 13.0 Å². The van der Waals surface area contributed by atoms with Gasteiger partial charge in [0.15, 0.2) is 6.29 Å². The fourth-order valence-electron chi connectivity index (χ4n) is 1.92. The maximum Gasteiger partial charge on any atom is 0.150 e. The number of nitrogens with two attached hydrogens (primary N) is 1. The average Bonchev–Trinajstić information content (AvgIpc) is 2.33. The van der Waals surface area contributed by atoms with E-state index in [1.165, 1.54) is 12.3 Å². The van der Waals surface area contributed by atoms with Gasteiger partial charge in [0.05, 0.1) is 0 Å². The van der Waals surface area contributed by atoms with E-state index in [-0.39, 0.29) is 5.82 Å². The lowest BCUT2D eigenvalue weighted by molar-refractivity contribution is 0.112. The summed E-state index contributed by atoms with van der Waals surface area (Å²) < 4.78 is 13.8. The lowest BCUT2D eigenvalue weighted by Gasteiger charge is -2.08. The second-order valence-corrected chi connectivity index (χ2v) is 3.89. The highest BCUT2D eigenvalue weighted by Gasteiger charge is 2.09. The zero-order chi connectivity index (χ0) is 12.4. The van der Waals surface area contributed by atoms with E-state index in [1.54, 1.807) is 18.2 Å². The Hall–Kier alpha value is -2.16. The number of rotatable bonds is 2. The first kappa shape index (κ1) is 11.3. The quantitative estimate of drug-likeness (QED) is 0.804. The molecule has 2 N–H and O–H groups in total. The van der Waals surface area contributed by atoms with E-state index in [2.05, 4.69) is 0 Å². The fraction of sp³-hybridized carbons (Fsp3) is 0.0714. The minimum atomic E-state index is -0.389. The second kappa shape index (κ2) is 4.37. The molecule has 0 fully saturated rings. The van der Waals surface area contributed by atoms with Crippen LogP contribution >= 0.6 is 0 Å². The van der Waals surface area contributed by atoms with Crippen molar-refractivity contribution in [1.82, 2.24) is 0 Å². The van der Waals surface area contributed by atoms with Gasteiger partial charge in [-0.2, -0.15) is 0 Å². The number of aldehydes is 1. The van der Waals surface area contributed by atoms with Crippen molar-refractivity contribution < 1.29 is 9.18 Å². The molecule has 2 nitrogen and oxygen atoms in total. The Labute approximate surface area is 98.6 Å². The van der Waals surface area contributed by atoms with Gasteiger partial charge in [-0.25, -0.2) is 4.39 Å². The lowest BCUT2D eigenvalue weighted by atomic mass is 9.97. The van der Waals surface area contributed by atoms with Gasteiger partial charge >= 0.3 is 0 Å². The molecular formula is C14H12FNO. The Balaban J connectivity index is 2.92. The minimum absolute atomic E-state index is 0.306. The molecule has 0 aromatic heterocycles. The smallest absolute Gasteiger partial charge is 0.150 e. The Morgan fingerprint density at radius 1 is 1.24 bits per heavy atom. The van der Waals surface area contributed by atoms with Crippen molar-refractivity contribution in [2.45, 2.75) is 6.92 Å². The molecular weight excluding hydrogens is 217 g/mol. The van der Waals surface area contributed by atoms with Crippen LogP contribution < -0.4 is 5.73 Å². The van der Waals surface area contributed by atoms with Crippen LogP contribution in [0.15, 0.2) is 30.5 Å². The summed E-state index contributed by atoms with van der Waals surface area (Å²) in [5, 5.41) is 1.20. The lowest BCUT2D eigenvalue weighted by Crippen LogP contribution is -1.93. The van der Waals surface area contributed by atoms with E-state index in [0.29, 0.717) is 28.2 Å². The van der Waals surface area contributed by atoms with E-state index in [4.69, 9.17) is 5.73 Å². The number of aryl methyl sites for hydroxylation is 1. The van der Waals surface area contributed by atoms with Gasteiger partial charge in [-0.05, 0) is 42.3 Å². The Kier molecular flexibility index (Phi) is 2.91. The first-order valence-corrected chi connectivity index (χ1v) is 5.23. The van der Waals surface area contributed by atoms with Gasteiger partial charge in [-0.3, -0.25) is 4.79 Å². The predicted molar refractivity (Wildman–Crippen MR) is 67.3 cm³/mol. The monoisotopic (exact) mass is 229 g/mol. The minimum Gasteiger partial charge on any atom is -0.405 e. The number of hydrogen-bond donors (Lipinski definition) is 1. The maximum atomic E-state index is 13.8. The summed E-state index contributed by atoms with van der Waals surface area (Å²) >= 11 is 0. The summed E-state index contributed by atoms with van der Waals surface area (Å²) in [6.45, 7) is 1.89. The third-order valence-corrected chi connectivity index (χ3v) is 2.71. The number of carbonyl (C=O) groups excluding carboxylic acids is 1. The molecule has 0 radical (unpaired) electrons. The van der Waals surface area contributed by atoms with E-state index >= 15 is 0 Å². The van der Waals surface area contributed by atoms with Gasteiger partial charge in [0.1, 0.15) is 5.82 Å². The van der Waals surface area contributed by atoms with Crippen molar-refractivity contribution in [3.63, 3.8) is 0 Å². The van der Waals surface area contributed by atoms with Crippen molar-refractivity contribution >= 4 is 23.1 Å². The summed E-state index contributed by atoms with van der Waals surface area (Å²) in [6.07, 6.45) is 3.60. The maximum absolute atomic E-state index is 13.8. The highest BCUT2D eigenvalue weighted by molar-refractivity contribution is 5.98. The van der Waals surface area contributed by atoms with Crippen LogP contribution in [-0.2, 0) is 0 Å². The van der Waals surface area contributed by atoms with Crippen LogP contribution in [0, 0.1) is 12.7 Å². The third-order valence-electron chi connectivity index (χ3n) is 2.71. The largest absolute Gasteiger partial charge is 0.405 e. The number of halogens is 1. The number of carbonyl (C=O) groups is 1. The number of benzene rings is 2. The summed E-state index contributed by atoms with van der Waals surface area (Å²) in [6, 6.07) is 6.68. The summed E-state index contributed by atoms with van der Waals surface area (Å²) in [7, 11) is 0. The van der Waals surface area contributed by atoms with E-state index in [0.717, 1.165) is 5.56 Å². The normalized spacial score (nSPS) is 11.2. The molecule has 0 heterocycles. The zero-order valence-electron chi connectivity index (χ0n) is 9.41. The Morgan fingerprint density at radius 2 is 2.00 bits per heavy atom. The van der Waals surface area contributed by atoms with Gasteiger partial charge in [0, 0.05) is 10.9 Å². The number of fused-ring (bicyclic) bond motifs is 1. The molecule has 0 atom stereocenters. The average molecular weight is 229 g/mol. The van der Waals surface area contributed by atoms with Crippen LogP contribution in [0.3, 0.4) is 0 Å². The third kappa shape index (κ3) is 1.91. The van der Waals surface area contributed by atoms with Crippen LogP contribution in [-0.4, -0.2) is 6.29 Å². The molecule has 0 aliphatic rings. The zero-order valence-corrected chi connectivity index (χ0v) is 9.41. The molecule has 0 saturated heterocycles. The van der Waals surface area contributed by atoms with Crippen LogP contribution in [0.4, 0.5) is 4.39 Å². The summed E-state index contributed by atoms with van der Waals surface area (Å²) in [4.78, 5) is 10.9. The Bertz CT molecular complexity index is 617. The van der Waals surface area contributed by atoms with Crippen molar-refractivity contribution in [2.24, 2.45) is 5.73 Å². The van der Waals surface area contributed by atoms with Crippen molar-refractivity contribution in [1.29, 1.82) is 0 Å². The first-order valence-electron chi connectivity index (χ1n) is 5.23. The molecule has 0 aliphatic carbocycles. The van der Waals surface area contributed by atoms with Gasteiger partial charge < -0.3 is 5.73 Å². The molecule has 0 aliphatic heterocycles. The van der Waals surface area contributed by atoms with Crippen molar-refractivity contribution in [2.75, 3.05) is 0 Å². The molecule has 0 spiro atoms. The van der Waals surface area contributed by atoms with Gasteiger partial charge in [0.2, 0.25) is 0 Å². The SMILES string of the molecule is Cc1ccc2c(/C=C\N)c(C=O)cc(F)c2c1. The molecule has 0 amide bonds.